The van der Waals surface area contributed by atoms with E-state index in [0.29, 0.717) is 5.69 Å². The minimum absolute atomic E-state index is 0.0348. The average Bonchev–Trinajstić information content (AvgIpc) is 2.97. The summed E-state index contributed by atoms with van der Waals surface area (Å²) >= 11 is 1.47. The van der Waals surface area contributed by atoms with Gasteiger partial charge in [-0.2, -0.15) is 13.2 Å². The summed E-state index contributed by atoms with van der Waals surface area (Å²) in [5, 5.41) is 6.88. The fourth-order valence-electron chi connectivity index (χ4n) is 2.43. The van der Waals surface area contributed by atoms with Gasteiger partial charge >= 0.3 is 12.1 Å². The number of ether oxygens (including phenoxy) is 1. The molecule has 0 fully saturated rings. The predicted molar refractivity (Wildman–Crippen MR) is 92.3 cm³/mol. The van der Waals surface area contributed by atoms with Gasteiger partial charge in [0.2, 0.25) is 0 Å². The molecular formula is C16H14F3N5O2S. The third-order valence-corrected chi connectivity index (χ3v) is 4.60. The lowest BCUT2D eigenvalue weighted by Gasteiger charge is -2.09. The van der Waals surface area contributed by atoms with Crippen molar-refractivity contribution in [2.24, 2.45) is 7.05 Å². The average molecular weight is 397 g/mol. The van der Waals surface area contributed by atoms with E-state index in [1.165, 1.54) is 29.5 Å². The summed E-state index contributed by atoms with van der Waals surface area (Å²) in [4.78, 5) is 21.1. The lowest BCUT2D eigenvalue weighted by Crippen LogP contribution is -2.09. The number of aromatic nitrogens is 5. The van der Waals surface area contributed by atoms with Gasteiger partial charge in [0.05, 0.1) is 7.11 Å². The van der Waals surface area contributed by atoms with Crippen LogP contribution in [0.1, 0.15) is 23.1 Å². The molecule has 0 aliphatic heterocycles. The first kappa shape index (κ1) is 19.1. The second kappa shape index (κ2) is 7.14. The second-order valence-electron chi connectivity index (χ2n) is 5.40. The fraction of sp³-hybridized carbons (Fsp3) is 0.312. The van der Waals surface area contributed by atoms with E-state index in [0.717, 1.165) is 16.7 Å². The molecule has 0 aromatic carbocycles. The van der Waals surface area contributed by atoms with Gasteiger partial charge in [-0.3, -0.25) is 0 Å². The molecule has 0 N–H and O–H groups in total. The molecule has 7 nitrogen and oxygen atoms in total. The van der Waals surface area contributed by atoms with Crippen molar-refractivity contribution in [3.8, 4) is 11.5 Å². The molecular weight excluding hydrogens is 383 g/mol. The van der Waals surface area contributed by atoms with Crippen LogP contribution in [0.4, 0.5) is 13.2 Å². The second-order valence-corrected chi connectivity index (χ2v) is 6.70. The zero-order chi connectivity index (χ0) is 19.8. The third-order valence-electron chi connectivity index (χ3n) is 3.67. The quantitative estimate of drug-likeness (QED) is 0.493. The van der Waals surface area contributed by atoms with Crippen molar-refractivity contribution in [2.45, 2.75) is 18.0 Å². The molecule has 11 heteroatoms. The highest BCUT2D eigenvalue weighted by atomic mass is 32.2. The predicted octanol–water partition coefficient (Wildman–Crippen LogP) is 3.34. The van der Waals surface area contributed by atoms with Crippen LogP contribution < -0.4 is 0 Å². The molecule has 3 heterocycles. The van der Waals surface area contributed by atoms with Crippen LogP contribution in [0.15, 0.2) is 23.1 Å². The molecule has 0 amide bonds. The fourth-order valence-corrected chi connectivity index (χ4v) is 3.18. The number of carbonyl (C=O) groups excluding carboxylic acids is 1. The smallest absolute Gasteiger partial charge is 0.435 e. The van der Waals surface area contributed by atoms with E-state index in [1.807, 2.05) is 6.92 Å². The van der Waals surface area contributed by atoms with Crippen LogP contribution in [0, 0.1) is 0 Å². The standard InChI is InChI=1S/C16H14F3N5O2S/c1-4-27-10-6-5-8(15(25)26-3)20-12(10)14-21-9-7-11(16(17,18)19)22-23-13(9)24(14)2/h5-7H,4H2,1-3H3. The molecule has 3 aromatic heterocycles. The number of hydrogen-bond acceptors (Lipinski definition) is 7. The van der Waals surface area contributed by atoms with E-state index in [9.17, 15) is 18.0 Å². The number of rotatable bonds is 4. The van der Waals surface area contributed by atoms with E-state index < -0.39 is 17.8 Å². The Morgan fingerprint density at radius 2 is 2.00 bits per heavy atom. The normalized spacial score (nSPS) is 11.8. The molecule has 0 saturated heterocycles. The van der Waals surface area contributed by atoms with Crippen molar-refractivity contribution in [2.75, 3.05) is 12.9 Å². The van der Waals surface area contributed by atoms with E-state index in [-0.39, 0.29) is 22.7 Å². The molecule has 0 saturated carbocycles. The number of carbonyl (C=O) groups is 1. The summed E-state index contributed by atoms with van der Waals surface area (Å²) in [5.74, 6) is 0.386. The van der Waals surface area contributed by atoms with Crippen LogP contribution in [-0.4, -0.2) is 43.6 Å². The number of aryl methyl sites for hydroxylation is 1. The number of nitrogens with zero attached hydrogens (tertiary/aromatic N) is 5. The number of methoxy groups -OCH3 is 1. The third kappa shape index (κ3) is 3.59. The number of thioether (sulfide) groups is 1. The first-order chi connectivity index (χ1) is 12.8. The summed E-state index contributed by atoms with van der Waals surface area (Å²) < 4.78 is 44.8. The number of halogens is 3. The highest BCUT2D eigenvalue weighted by Gasteiger charge is 2.34. The van der Waals surface area contributed by atoms with Gasteiger partial charge in [0.25, 0.3) is 0 Å². The van der Waals surface area contributed by atoms with Gasteiger partial charge in [-0.15, -0.1) is 22.0 Å². The van der Waals surface area contributed by atoms with Crippen molar-refractivity contribution >= 4 is 28.9 Å². The molecule has 0 unspecified atom stereocenters. The maximum Gasteiger partial charge on any atom is 0.435 e. The van der Waals surface area contributed by atoms with Gasteiger partial charge in [-0.05, 0) is 17.9 Å². The minimum Gasteiger partial charge on any atom is -0.464 e. The Hall–Kier alpha value is -2.69. The summed E-state index contributed by atoms with van der Waals surface area (Å²) in [5.41, 5.74) is -0.483. The van der Waals surface area contributed by atoms with Crippen LogP contribution in [0.25, 0.3) is 22.7 Å². The van der Waals surface area contributed by atoms with Crippen LogP contribution in [0.3, 0.4) is 0 Å². The van der Waals surface area contributed by atoms with Gasteiger partial charge in [-0.25, -0.2) is 14.8 Å². The lowest BCUT2D eigenvalue weighted by molar-refractivity contribution is -0.141. The van der Waals surface area contributed by atoms with E-state index in [1.54, 1.807) is 13.1 Å². The van der Waals surface area contributed by atoms with E-state index in [2.05, 4.69) is 24.9 Å². The molecule has 0 bridgehead atoms. The zero-order valence-electron chi connectivity index (χ0n) is 14.5. The van der Waals surface area contributed by atoms with Crippen molar-refractivity contribution in [1.82, 2.24) is 24.7 Å². The Kier molecular flexibility index (Phi) is 5.05. The van der Waals surface area contributed by atoms with Gasteiger partial charge < -0.3 is 9.30 Å². The number of hydrogen-bond donors (Lipinski definition) is 0. The van der Waals surface area contributed by atoms with Gasteiger partial charge in [0, 0.05) is 18.0 Å². The molecule has 27 heavy (non-hydrogen) atoms. The largest absolute Gasteiger partial charge is 0.464 e. The first-order valence-corrected chi connectivity index (χ1v) is 8.74. The number of imidazole rings is 1. The Morgan fingerprint density at radius 1 is 1.26 bits per heavy atom. The van der Waals surface area contributed by atoms with Crippen LogP contribution in [0.2, 0.25) is 0 Å². The van der Waals surface area contributed by atoms with Crippen LogP contribution >= 0.6 is 11.8 Å². The Balaban J connectivity index is 2.21. The van der Waals surface area contributed by atoms with E-state index >= 15 is 0 Å². The van der Waals surface area contributed by atoms with Crippen LogP contribution in [-0.2, 0) is 18.0 Å². The molecule has 0 aliphatic carbocycles. The number of pyridine rings is 1. The van der Waals surface area contributed by atoms with Gasteiger partial charge in [0.15, 0.2) is 17.2 Å². The highest BCUT2D eigenvalue weighted by molar-refractivity contribution is 7.99. The van der Waals surface area contributed by atoms with Gasteiger partial charge in [-0.1, -0.05) is 6.92 Å². The van der Waals surface area contributed by atoms with Crippen molar-refractivity contribution in [3.63, 3.8) is 0 Å². The minimum atomic E-state index is -4.62. The summed E-state index contributed by atoms with van der Waals surface area (Å²) in [6.45, 7) is 1.94. The topological polar surface area (TPSA) is 82.8 Å². The summed E-state index contributed by atoms with van der Waals surface area (Å²) in [7, 11) is 2.83. The maximum atomic E-state index is 12.9. The number of alkyl halides is 3. The van der Waals surface area contributed by atoms with Crippen molar-refractivity contribution < 1.29 is 22.7 Å². The molecule has 0 aliphatic rings. The first-order valence-electron chi connectivity index (χ1n) is 7.76. The maximum absolute atomic E-state index is 12.9. The Morgan fingerprint density at radius 3 is 2.63 bits per heavy atom. The van der Waals surface area contributed by atoms with Crippen molar-refractivity contribution in [3.05, 3.63) is 29.6 Å². The highest BCUT2D eigenvalue weighted by Crippen LogP contribution is 2.33. The Bertz CT molecular complexity index is 1020. The zero-order valence-corrected chi connectivity index (χ0v) is 15.4. The van der Waals surface area contributed by atoms with E-state index in [4.69, 9.17) is 0 Å². The number of fused-ring (bicyclic) bond motifs is 1. The molecule has 0 atom stereocenters. The monoisotopic (exact) mass is 397 g/mol. The molecule has 3 aromatic rings. The van der Waals surface area contributed by atoms with Gasteiger partial charge in [0.1, 0.15) is 16.9 Å². The molecule has 0 spiro atoms. The molecule has 3 rings (SSSR count). The van der Waals surface area contributed by atoms with Crippen LogP contribution in [0.5, 0.6) is 0 Å². The van der Waals surface area contributed by atoms with Crippen molar-refractivity contribution in [1.29, 1.82) is 0 Å². The lowest BCUT2D eigenvalue weighted by atomic mass is 10.3. The SMILES string of the molecule is CCSc1ccc(C(=O)OC)nc1-c1nc2cc(C(F)(F)F)nnc2n1C. The number of esters is 1. The Labute approximate surface area is 156 Å². The molecule has 0 radical (unpaired) electrons. The summed E-state index contributed by atoms with van der Waals surface area (Å²) in [6.07, 6.45) is -4.62. The molecule has 142 valence electrons. The summed E-state index contributed by atoms with van der Waals surface area (Å²) in [6, 6.07) is 4.06.